The summed E-state index contributed by atoms with van der Waals surface area (Å²) < 4.78 is 28.4. The van der Waals surface area contributed by atoms with Crippen molar-refractivity contribution in [2.45, 2.75) is 20.3 Å². The molecule has 1 heterocycles. The second-order valence-electron chi connectivity index (χ2n) is 7.62. The number of carbonyl (C=O) groups excluding carboxylic acids is 1. The van der Waals surface area contributed by atoms with Gasteiger partial charge in [-0.15, -0.1) is 12.4 Å². The molecule has 0 radical (unpaired) electrons. The van der Waals surface area contributed by atoms with Gasteiger partial charge >= 0.3 is 0 Å². The molecular weight excluding hydrogens is 464 g/mol. The van der Waals surface area contributed by atoms with Gasteiger partial charge in [0, 0.05) is 19.2 Å². The highest BCUT2D eigenvalue weighted by atomic mass is 35.5. The van der Waals surface area contributed by atoms with Crippen molar-refractivity contribution < 1.29 is 13.6 Å². The van der Waals surface area contributed by atoms with Crippen LogP contribution >= 0.6 is 23.7 Å². The Hall–Kier alpha value is -2.61. The Bertz CT molecular complexity index is 1250. The monoisotopic (exact) mass is 489 g/mol. The van der Waals surface area contributed by atoms with Gasteiger partial charge in [-0.25, -0.2) is 13.8 Å². The molecule has 0 aliphatic heterocycles. The smallest absolute Gasteiger partial charge is 0.233 e. The largest absolute Gasteiger partial charge is 0.302 e. The maximum absolute atomic E-state index is 14.3. The van der Waals surface area contributed by atoms with E-state index in [2.05, 4.69) is 23.7 Å². The fourth-order valence-corrected chi connectivity index (χ4v) is 4.92. The van der Waals surface area contributed by atoms with Crippen molar-refractivity contribution in [3.8, 4) is 0 Å². The van der Waals surface area contributed by atoms with Gasteiger partial charge < -0.3 is 4.90 Å². The van der Waals surface area contributed by atoms with E-state index in [-0.39, 0.29) is 30.3 Å². The molecule has 1 aromatic heterocycles. The maximum Gasteiger partial charge on any atom is 0.233 e. The van der Waals surface area contributed by atoms with E-state index in [1.807, 2.05) is 42.5 Å². The Labute approximate surface area is 202 Å². The summed E-state index contributed by atoms with van der Waals surface area (Å²) >= 11 is 1.14. The van der Waals surface area contributed by atoms with E-state index in [1.165, 1.54) is 6.07 Å². The molecule has 1 amide bonds. The summed E-state index contributed by atoms with van der Waals surface area (Å²) in [6.45, 7) is 6.96. The predicted molar refractivity (Wildman–Crippen MR) is 135 cm³/mol. The Morgan fingerprint density at radius 3 is 2.48 bits per heavy atom. The van der Waals surface area contributed by atoms with Gasteiger partial charge in [-0.05, 0) is 35.5 Å². The minimum absolute atomic E-state index is 0. The average Bonchev–Trinajstić information content (AvgIpc) is 3.21. The van der Waals surface area contributed by atoms with Gasteiger partial charge in [0.2, 0.25) is 5.91 Å². The van der Waals surface area contributed by atoms with E-state index < -0.39 is 11.6 Å². The number of amides is 1. The number of likely N-dealkylation sites (N-methyl/N-ethyl adjacent to an activating group) is 1. The fourth-order valence-electron chi connectivity index (χ4n) is 3.87. The number of rotatable bonds is 8. The van der Waals surface area contributed by atoms with E-state index in [0.717, 1.165) is 46.8 Å². The van der Waals surface area contributed by atoms with Crippen LogP contribution in [0.5, 0.6) is 0 Å². The minimum Gasteiger partial charge on any atom is -0.302 e. The van der Waals surface area contributed by atoms with E-state index in [9.17, 15) is 13.6 Å². The third-order valence-corrected chi connectivity index (χ3v) is 6.72. The summed E-state index contributed by atoms with van der Waals surface area (Å²) in [6, 6.07) is 16.0. The number of nitrogens with zero attached hydrogens (tertiary/aromatic N) is 3. The third-order valence-electron chi connectivity index (χ3n) is 5.69. The molecule has 4 aromatic rings. The van der Waals surface area contributed by atoms with Gasteiger partial charge in [0.25, 0.3) is 0 Å². The SMILES string of the molecule is CCN(CC)CCN(C(=O)Cc1cccc2ccccc12)c1nc2c(F)cc(F)cc2s1.Cl. The molecule has 174 valence electrons. The summed E-state index contributed by atoms with van der Waals surface area (Å²) in [6.07, 6.45) is 0.201. The fraction of sp³-hybridized carbons (Fsp3) is 0.280. The van der Waals surface area contributed by atoms with E-state index in [1.54, 1.807) is 4.90 Å². The number of carbonyl (C=O) groups is 1. The topological polar surface area (TPSA) is 36.4 Å². The second-order valence-corrected chi connectivity index (χ2v) is 8.63. The van der Waals surface area contributed by atoms with Crippen molar-refractivity contribution in [2.24, 2.45) is 0 Å². The number of halogens is 3. The summed E-state index contributed by atoms with van der Waals surface area (Å²) in [4.78, 5) is 21.7. The lowest BCUT2D eigenvalue weighted by Crippen LogP contribution is -2.39. The van der Waals surface area contributed by atoms with Crippen molar-refractivity contribution in [1.82, 2.24) is 9.88 Å². The Morgan fingerprint density at radius 2 is 1.73 bits per heavy atom. The Morgan fingerprint density at radius 1 is 1.00 bits per heavy atom. The molecule has 8 heteroatoms. The van der Waals surface area contributed by atoms with Crippen LogP contribution in [0.1, 0.15) is 19.4 Å². The van der Waals surface area contributed by atoms with Crippen molar-refractivity contribution >= 4 is 55.8 Å². The van der Waals surface area contributed by atoms with E-state index in [0.29, 0.717) is 22.9 Å². The molecule has 0 bridgehead atoms. The van der Waals surface area contributed by atoms with Crippen molar-refractivity contribution in [3.63, 3.8) is 0 Å². The molecule has 33 heavy (non-hydrogen) atoms. The van der Waals surface area contributed by atoms with Gasteiger partial charge in [-0.3, -0.25) is 9.69 Å². The number of benzene rings is 3. The molecule has 0 fully saturated rings. The van der Waals surface area contributed by atoms with Crippen LogP contribution in [0.15, 0.2) is 54.6 Å². The summed E-state index contributed by atoms with van der Waals surface area (Å²) in [5.41, 5.74) is 1.02. The second kappa shape index (κ2) is 11.0. The molecule has 0 spiro atoms. The zero-order chi connectivity index (χ0) is 22.7. The number of anilines is 1. The van der Waals surface area contributed by atoms with Gasteiger partial charge in [0.15, 0.2) is 10.9 Å². The molecule has 0 unspecified atom stereocenters. The highest BCUT2D eigenvalue weighted by Crippen LogP contribution is 2.32. The van der Waals surface area contributed by atoms with Crippen molar-refractivity contribution in [2.75, 3.05) is 31.1 Å². The number of thiazole rings is 1. The molecule has 0 saturated carbocycles. The number of fused-ring (bicyclic) bond motifs is 2. The van der Waals surface area contributed by atoms with Gasteiger partial charge in [0.1, 0.15) is 11.3 Å². The summed E-state index contributed by atoms with van der Waals surface area (Å²) in [5, 5.41) is 2.50. The van der Waals surface area contributed by atoms with Crippen LogP contribution in [0.25, 0.3) is 21.0 Å². The minimum atomic E-state index is -0.715. The van der Waals surface area contributed by atoms with Crippen LogP contribution in [0.4, 0.5) is 13.9 Å². The molecular formula is C25H26ClF2N3OS. The Kier molecular flexibility index (Phi) is 8.35. The van der Waals surface area contributed by atoms with Crippen LogP contribution < -0.4 is 4.90 Å². The van der Waals surface area contributed by atoms with Crippen LogP contribution in [0.2, 0.25) is 0 Å². The lowest BCUT2D eigenvalue weighted by Gasteiger charge is -2.25. The Balaban J connectivity index is 0.00000306. The molecule has 0 saturated heterocycles. The van der Waals surface area contributed by atoms with Gasteiger partial charge in [-0.1, -0.05) is 67.6 Å². The molecule has 0 aliphatic rings. The van der Waals surface area contributed by atoms with Crippen LogP contribution in [0.3, 0.4) is 0 Å². The first-order valence-electron chi connectivity index (χ1n) is 10.7. The quantitative estimate of drug-likeness (QED) is 0.301. The number of hydrogen-bond acceptors (Lipinski definition) is 4. The molecule has 0 atom stereocenters. The normalized spacial score (nSPS) is 11.2. The van der Waals surface area contributed by atoms with Gasteiger partial charge in [-0.2, -0.15) is 0 Å². The number of hydrogen-bond donors (Lipinski definition) is 0. The van der Waals surface area contributed by atoms with Crippen molar-refractivity contribution in [3.05, 3.63) is 71.8 Å². The van der Waals surface area contributed by atoms with Crippen molar-refractivity contribution in [1.29, 1.82) is 0 Å². The van der Waals surface area contributed by atoms with Crippen LogP contribution in [0, 0.1) is 11.6 Å². The standard InChI is InChI=1S/C25H25F2N3OS.ClH/c1-3-29(4-2)12-13-30(25-28-24-21(27)15-19(26)16-22(24)32-25)23(31)14-18-10-7-9-17-8-5-6-11-20(17)18;/h5-11,15-16H,3-4,12-14H2,1-2H3;1H. The zero-order valence-corrected chi connectivity index (χ0v) is 20.2. The van der Waals surface area contributed by atoms with Crippen LogP contribution in [-0.4, -0.2) is 42.0 Å². The predicted octanol–water partition coefficient (Wildman–Crippen LogP) is 6.07. The third kappa shape index (κ3) is 5.49. The first-order valence-corrected chi connectivity index (χ1v) is 11.6. The molecule has 0 aliphatic carbocycles. The maximum atomic E-state index is 14.3. The highest BCUT2D eigenvalue weighted by Gasteiger charge is 2.22. The molecule has 4 nitrogen and oxygen atoms in total. The average molecular weight is 490 g/mol. The van der Waals surface area contributed by atoms with E-state index in [4.69, 9.17) is 0 Å². The number of aromatic nitrogens is 1. The molecule has 4 rings (SSSR count). The molecule has 3 aromatic carbocycles. The highest BCUT2D eigenvalue weighted by molar-refractivity contribution is 7.22. The van der Waals surface area contributed by atoms with E-state index >= 15 is 0 Å². The lowest BCUT2D eigenvalue weighted by molar-refractivity contribution is -0.118. The summed E-state index contributed by atoms with van der Waals surface area (Å²) in [7, 11) is 0. The first-order chi connectivity index (χ1) is 15.5. The van der Waals surface area contributed by atoms with Gasteiger partial charge in [0.05, 0.1) is 11.1 Å². The lowest BCUT2D eigenvalue weighted by atomic mass is 10.0. The molecule has 0 N–H and O–H groups in total. The van der Waals surface area contributed by atoms with Crippen LogP contribution in [-0.2, 0) is 11.2 Å². The summed E-state index contributed by atoms with van der Waals surface area (Å²) in [5.74, 6) is -1.48. The first kappa shape index (κ1) is 25.0. The zero-order valence-electron chi connectivity index (χ0n) is 18.6.